The summed E-state index contributed by atoms with van der Waals surface area (Å²) in [5.41, 5.74) is 1.94. The number of benzene rings is 1. The molecule has 1 amide bonds. The maximum atomic E-state index is 12.0. The van der Waals surface area contributed by atoms with E-state index in [1.165, 1.54) is 0 Å². The summed E-state index contributed by atoms with van der Waals surface area (Å²) in [6, 6.07) is 15.6. The maximum absolute atomic E-state index is 12.0. The highest BCUT2D eigenvalue weighted by Gasteiger charge is 2.31. The van der Waals surface area contributed by atoms with Gasteiger partial charge in [-0.15, -0.1) is 0 Å². The molecule has 1 aliphatic rings. The van der Waals surface area contributed by atoms with Crippen molar-refractivity contribution in [1.29, 1.82) is 0 Å². The molecule has 19 heavy (non-hydrogen) atoms. The summed E-state index contributed by atoms with van der Waals surface area (Å²) in [5, 5.41) is 3.11. The van der Waals surface area contributed by atoms with Gasteiger partial charge < -0.3 is 5.32 Å². The molecule has 1 aromatic heterocycles. The summed E-state index contributed by atoms with van der Waals surface area (Å²) < 4.78 is 0. The van der Waals surface area contributed by atoms with E-state index in [1.807, 2.05) is 48.5 Å². The Morgan fingerprint density at radius 3 is 2.47 bits per heavy atom. The van der Waals surface area contributed by atoms with Gasteiger partial charge in [0.05, 0.1) is 11.7 Å². The molecule has 0 spiro atoms. The van der Waals surface area contributed by atoms with Gasteiger partial charge in [0.1, 0.15) is 0 Å². The summed E-state index contributed by atoms with van der Waals surface area (Å²) in [4.78, 5) is 16.4. The van der Waals surface area contributed by atoms with Crippen LogP contribution in [-0.4, -0.2) is 10.9 Å². The molecule has 1 N–H and O–H groups in total. The Kier molecular flexibility index (Phi) is 3.27. The monoisotopic (exact) mass is 252 g/mol. The number of carbonyl (C=O) groups excluding carboxylic acids is 1. The molecule has 2 aromatic rings. The molecule has 0 bridgehead atoms. The molecule has 1 aliphatic carbocycles. The molecule has 1 heterocycles. The van der Waals surface area contributed by atoms with Gasteiger partial charge in [-0.05, 0) is 30.5 Å². The van der Waals surface area contributed by atoms with Crippen molar-refractivity contribution in [2.45, 2.75) is 18.9 Å². The van der Waals surface area contributed by atoms with E-state index in [0.29, 0.717) is 0 Å². The predicted octanol–water partition coefficient (Wildman–Crippen LogP) is 2.70. The lowest BCUT2D eigenvalue weighted by Crippen LogP contribution is -2.30. The Hall–Kier alpha value is -2.16. The average Bonchev–Trinajstić information content (AvgIpc) is 3.31. The third kappa shape index (κ3) is 2.81. The molecule has 96 valence electrons. The van der Waals surface area contributed by atoms with Gasteiger partial charge in [0, 0.05) is 12.1 Å². The Balaban J connectivity index is 1.89. The molecule has 3 nitrogen and oxygen atoms in total. The van der Waals surface area contributed by atoms with E-state index in [0.717, 1.165) is 24.1 Å². The van der Waals surface area contributed by atoms with Crippen LogP contribution in [0.25, 0.3) is 0 Å². The zero-order valence-electron chi connectivity index (χ0n) is 10.6. The summed E-state index contributed by atoms with van der Waals surface area (Å²) in [7, 11) is 0. The van der Waals surface area contributed by atoms with E-state index in [9.17, 15) is 4.79 Å². The van der Waals surface area contributed by atoms with E-state index in [1.54, 1.807) is 6.20 Å². The van der Waals surface area contributed by atoms with Crippen molar-refractivity contribution >= 4 is 5.91 Å². The van der Waals surface area contributed by atoms with E-state index in [2.05, 4.69) is 10.3 Å². The SMILES string of the molecule is O=C(NC(c1ccccc1)c1ccccn1)C1CC1. The highest BCUT2D eigenvalue weighted by molar-refractivity contribution is 5.81. The van der Waals surface area contributed by atoms with Crippen LogP contribution in [0.1, 0.15) is 30.1 Å². The van der Waals surface area contributed by atoms with Crippen LogP contribution in [0, 0.1) is 5.92 Å². The van der Waals surface area contributed by atoms with Crippen LogP contribution in [0.3, 0.4) is 0 Å². The molecule has 1 unspecified atom stereocenters. The van der Waals surface area contributed by atoms with Crippen LogP contribution in [0.4, 0.5) is 0 Å². The number of hydrogen-bond donors (Lipinski definition) is 1. The summed E-state index contributed by atoms with van der Waals surface area (Å²) in [6.07, 6.45) is 3.78. The Morgan fingerprint density at radius 2 is 1.84 bits per heavy atom. The van der Waals surface area contributed by atoms with Gasteiger partial charge in [0.15, 0.2) is 0 Å². The van der Waals surface area contributed by atoms with Gasteiger partial charge >= 0.3 is 0 Å². The molecule has 3 heteroatoms. The minimum absolute atomic E-state index is 0.138. The zero-order chi connectivity index (χ0) is 13.1. The lowest BCUT2D eigenvalue weighted by atomic mass is 10.0. The number of hydrogen-bond acceptors (Lipinski definition) is 2. The fraction of sp³-hybridized carbons (Fsp3) is 0.250. The van der Waals surface area contributed by atoms with Crippen molar-refractivity contribution in [2.24, 2.45) is 5.92 Å². The van der Waals surface area contributed by atoms with E-state index < -0.39 is 0 Å². The number of amides is 1. The minimum Gasteiger partial charge on any atom is -0.343 e. The summed E-state index contributed by atoms with van der Waals surface area (Å²) >= 11 is 0. The second kappa shape index (κ2) is 5.22. The number of nitrogens with zero attached hydrogens (tertiary/aromatic N) is 1. The molecular formula is C16H16N2O. The molecule has 1 atom stereocenters. The topological polar surface area (TPSA) is 42.0 Å². The van der Waals surface area contributed by atoms with Gasteiger partial charge in [0.25, 0.3) is 0 Å². The molecule has 1 aromatic carbocycles. The molecular weight excluding hydrogens is 236 g/mol. The standard InChI is InChI=1S/C16H16N2O/c19-16(13-9-10-13)18-15(12-6-2-1-3-7-12)14-8-4-5-11-17-14/h1-8,11,13,15H,9-10H2,(H,18,19). The third-order valence-electron chi connectivity index (χ3n) is 3.35. The van der Waals surface area contributed by atoms with Crippen molar-refractivity contribution in [3.63, 3.8) is 0 Å². The number of aromatic nitrogens is 1. The molecule has 0 saturated heterocycles. The highest BCUT2D eigenvalue weighted by atomic mass is 16.2. The van der Waals surface area contributed by atoms with Gasteiger partial charge in [0.2, 0.25) is 5.91 Å². The fourth-order valence-corrected chi connectivity index (χ4v) is 2.13. The normalized spacial score (nSPS) is 15.8. The van der Waals surface area contributed by atoms with Gasteiger partial charge in [-0.1, -0.05) is 36.4 Å². The molecule has 1 saturated carbocycles. The van der Waals surface area contributed by atoms with Crippen LogP contribution in [-0.2, 0) is 4.79 Å². The van der Waals surface area contributed by atoms with Crippen molar-refractivity contribution in [3.05, 3.63) is 66.0 Å². The first-order chi connectivity index (χ1) is 9.34. The second-order valence-electron chi connectivity index (χ2n) is 4.88. The molecule has 0 aliphatic heterocycles. The van der Waals surface area contributed by atoms with Crippen LogP contribution >= 0.6 is 0 Å². The Bertz CT molecular complexity index is 510. The Morgan fingerprint density at radius 1 is 1.11 bits per heavy atom. The number of rotatable bonds is 4. The number of pyridine rings is 1. The lowest BCUT2D eigenvalue weighted by Gasteiger charge is -2.18. The third-order valence-corrected chi connectivity index (χ3v) is 3.35. The number of nitrogens with one attached hydrogen (secondary N) is 1. The van der Waals surface area contributed by atoms with Gasteiger partial charge in [-0.2, -0.15) is 0 Å². The average molecular weight is 252 g/mol. The number of carbonyl (C=O) groups is 1. The Labute approximate surface area is 112 Å². The van der Waals surface area contributed by atoms with Crippen LogP contribution in [0.15, 0.2) is 54.7 Å². The first-order valence-corrected chi connectivity index (χ1v) is 6.61. The minimum atomic E-state index is -0.157. The second-order valence-corrected chi connectivity index (χ2v) is 4.88. The van der Waals surface area contributed by atoms with E-state index in [4.69, 9.17) is 0 Å². The van der Waals surface area contributed by atoms with Gasteiger partial charge in [-0.3, -0.25) is 9.78 Å². The van der Waals surface area contributed by atoms with Crippen molar-refractivity contribution in [2.75, 3.05) is 0 Å². The lowest BCUT2D eigenvalue weighted by molar-refractivity contribution is -0.122. The largest absolute Gasteiger partial charge is 0.343 e. The zero-order valence-corrected chi connectivity index (χ0v) is 10.6. The summed E-state index contributed by atoms with van der Waals surface area (Å²) in [5.74, 6) is 0.342. The van der Waals surface area contributed by atoms with Gasteiger partial charge in [-0.25, -0.2) is 0 Å². The van der Waals surface area contributed by atoms with Crippen molar-refractivity contribution in [3.8, 4) is 0 Å². The molecule has 0 radical (unpaired) electrons. The molecule has 1 fully saturated rings. The van der Waals surface area contributed by atoms with Crippen molar-refractivity contribution < 1.29 is 4.79 Å². The highest BCUT2D eigenvalue weighted by Crippen LogP contribution is 2.30. The first kappa shape index (κ1) is 11.9. The maximum Gasteiger partial charge on any atom is 0.223 e. The predicted molar refractivity (Wildman–Crippen MR) is 73.4 cm³/mol. The fourth-order valence-electron chi connectivity index (χ4n) is 2.13. The smallest absolute Gasteiger partial charge is 0.223 e. The van der Waals surface area contributed by atoms with Crippen LogP contribution < -0.4 is 5.32 Å². The quantitative estimate of drug-likeness (QED) is 0.909. The van der Waals surface area contributed by atoms with E-state index >= 15 is 0 Å². The first-order valence-electron chi connectivity index (χ1n) is 6.61. The van der Waals surface area contributed by atoms with Crippen molar-refractivity contribution in [1.82, 2.24) is 10.3 Å². The summed E-state index contributed by atoms with van der Waals surface area (Å²) in [6.45, 7) is 0. The van der Waals surface area contributed by atoms with Crippen LogP contribution in [0.2, 0.25) is 0 Å². The molecule has 3 rings (SSSR count). The van der Waals surface area contributed by atoms with E-state index in [-0.39, 0.29) is 17.9 Å². The van der Waals surface area contributed by atoms with Crippen LogP contribution in [0.5, 0.6) is 0 Å².